The van der Waals surface area contributed by atoms with Gasteiger partial charge in [-0.3, -0.25) is 4.79 Å². The number of ether oxygens (including phenoxy) is 1. The molecule has 0 bridgehead atoms. The van der Waals surface area contributed by atoms with Crippen molar-refractivity contribution in [1.82, 2.24) is 9.55 Å². The monoisotopic (exact) mass is 559 g/mol. The number of nitrogens with zero attached hydrogens (tertiary/aromatic N) is 2. The number of imidazole rings is 1. The van der Waals surface area contributed by atoms with E-state index >= 15 is 0 Å². The number of aromatic nitrogens is 2. The minimum Gasteiger partial charge on any atom is -0.478 e. The zero-order valence-electron chi connectivity index (χ0n) is 20.9. The number of hydrogen-bond acceptors (Lipinski definition) is 5. The van der Waals surface area contributed by atoms with Crippen molar-refractivity contribution in [2.75, 3.05) is 11.1 Å². The molecule has 0 unspecified atom stereocenters. The number of carbonyl (C=O) groups excluding carboxylic acids is 1. The van der Waals surface area contributed by atoms with Gasteiger partial charge in [0.25, 0.3) is 0 Å². The first-order valence-corrected chi connectivity index (χ1v) is 14.0. The second kappa shape index (κ2) is 10.4. The van der Waals surface area contributed by atoms with Crippen LogP contribution in [-0.4, -0.2) is 29.6 Å². The van der Waals surface area contributed by atoms with Gasteiger partial charge in [-0.25, -0.2) is 13.4 Å². The zero-order valence-corrected chi connectivity index (χ0v) is 23.2. The molecule has 1 amide bonds. The Hall–Kier alpha value is -3.07. The largest absolute Gasteiger partial charge is 0.478 e. The molecule has 194 valence electrons. The van der Waals surface area contributed by atoms with Crippen molar-refractivity contribution in [3.8, 4) is 5.75 Å². The average molecular weight is 561 g/mol. The number of benzene rings is 3. The van der Waals surface area contributed by atoms with Gasteiger partial charge in [0.2, 0.25) is 5.91 Å². The van der Waals surface area contributed by atoms with Crippen LogP contribution in [0, 0.1) is 0 Å². The summed E-state index contributed by atoms with van der Waals surface area (Å²) in [4.78, 5) is 17.7. The number of halogens is 2. The highest BCUT2D eigenvalue weighted by Crippen LogP contribution is 2.35. The van der Waals surface area contributed by atoms with E-state index in [9.17, 15) is 13.2 Å². The quantitative estimate of drug-likeness (QED) is 0.279. The Morgan fingerprint density at radius 2 is 1.76 bits per heavy atom. The third kappa shape index (κ3) is 5.92. The molecule has 1 heterocycles. The molecular formula is C27H27Cl2N3O4S. The van der Waals surface area contributed by atoms with E-state index in [1.165, 1.54) is 12.1 Å². The number of amides is 1. The number of rotatable bonds is 8. The van der Waals surface area contributed by atoms with E-state index in [-0.39, 0.29) is 23.0 Å². The van der Waals surface area contributed by atoms with Crippen LogP contribution < -0.4 is 10.1 Å². The van der Waals surface area contributed by atoms with Gasteiger partial charge in [-0.15, -0.1) is 0 Å². The SMILES string of the molecule is CCS(=O)(=O)c1ccc(CC(=O)Nc2ccc3c(c2)nc(C(C)(C)Oc2ccc(Cl)cc2Cl)n3C)cc1. The lowest BCUT2D eigenvalue weighted by molar-refractivity contribution is -0.115. The van der Waals surface area contributed by atoms with Gasteiger partial charge in [-0.1, -0.05) is 42.3 Å². The van der Waals surface area contributed by atoms with Crippen LogP contribution >= 0.6 is 23.2 Å². The van der Waals surface area contributed by atoms with Gasteiger partial charge < -0.3 is 14.6 Å². The Labute approximate surface area is 226 Å². The maximum atomic E-state index is 12.6. The normalized spacial score (nSPS) is 12.1. The molecule has 1 aromatic heterocycles. The number of nitrogens with one attached hydrogen (secondary N) is 1. The Morgan fingerprint density at radius 1 is 1.05 bits per heavy atom. The van der Waals surface area contributed by atoms with Crippen molar-refractivity contribution in [2.24, 2.45) is 7.05 Å². The van der Waals surface area contributed by atoms with E-state index in [1.54, 1.807) is 43.3 Å². The van der Waals surface area contributed by atoms with Crippen molar-refractivity contribution in [2.45, 2.75) is 37.7 Å². The van der Waals surface area contributed by atoms with Crippen LogP contribution in [0.1, 0.15) is 32.2 Å². The van der Waals surface area contributed by atoms with Crippen molar-refractivity contribution < 1.29 is 17.9 Å². The molecule has 0 aliphatic carbocycles. The predicted octanol–water partition coefficient (Wildman–Crippen LogP) is 6.17. The first kappa shape index (κ1) is 27.0. The van der Waals surface area contributed by atoms with Crippen molar-refractivity contribution in [3.05, 3.63) is 82.1 Å². The summed E-state index contributed by atoms with van der Waals surface area (Å²) in [7, 11) is -1.37. The second-order valence-electron chi connectivity index (χ2n) is 9.16. The Balaban J connectivity index is 1.51. The predicted molar refractivity (Wildman–Crippen MR) is 147 cm³/mol. The van der Waals surface area contributed by atoms with Crippen molar-refractivity contribution >= 4 is 55.7 Å². The molecule has 0 aliphatic rings. The molecule has 4 aromatic rings. The zero-order chi connectivity index (χ0) is 27.0. The highest BCUT2D eigenvalue weighted by molar-refractivity contribution is 7.91. The minimum absolute atomic E-state index is 0.0305. The van der Waals surface area contributed by atoms with Crippen LogP contribution in [0.25, 0.3) is 11.0 Å². The number of sulfone groups is 1. The van der Waals surface area contributed by atoms with Gasteiger partial charge in [-0.2, -0.15) is 0 Å². The molecule has 7 nitrogen and oxygen atoms in total. The van der Waals surface area contributed by atoms with Crippen LogP contribution in [0.5, 0.6) is 5.75 Å². The number of hydrogen-bond donors (Lipinski definition) is 1. The average Bonchev–Trinajstić information content (AvgIpc) is 3.18. The number of fused-ring (bicyclic) bond motifs is 1. The van der Waals surface area contributed by atoms with Gasteiger partial charge in [0, 0.05) is 17.8 Å². The summed E-state index contributed by atoms with van der Waals surface area (Å²) < 4.78 is 32.1. The molecule has 0 aliphatic heterocycles. The molecule has 0 radical (unpaired) electrons. The van der Waals surface area contributed by atoms with Gasteiger partial charge in [0.15, 0.2) is 21.3 Å². The summed E-state index contributed by atoms with van der Waals surface area (Å²) in [5.41, 5.74) is 2.08. The van der Waals surface area contributed by atoms with Gasteiger partial charge in [0.1, 0.15) is 5.75 Å². The Bertz CT molecular complexity index is 1580. The van der Waals surface area contributed by atoms with E-state index in [2.05, 4.69) is 5.32 Å². The molecule has 3 aromatic carbocycles. The topological polar surface area (TPSA) is 90.3 Å². The molecule has 10 heteroatoms. The number of anilines is 1. The van der Waals surface area contributed by atoms with Crippen molar-refractivity contribution in [3.63, 3.8) is 0 Å². The fourth-order valence-electron chi connectivity index (χ4n) is 4.07. The molecule has 1 N–H and O–H groups in total. The third-order valence-electron chi connectivity index (χ3n) is 5.99. The Morgan fingerprint density at radius 3 is 2.41 bits per heavy atom. The van der Waals surface area contributed by atoms with E-state index in [1.807, 2.05) is 37.6 Å². The van der Waals surface area contributed by atoms with Gasteiger partial charge in [-0.05, 0) is 67.9 Å². The fourth-order valence-corrected chi connectivity index (χ4v) is 5.40. The number of carbonyl (C=O) groups is 1. The molecule has 0 fully saturated rings. The fraction of sp³-hybridized carbons (Fsp3) is 0.259. The standard InChI is InChI=1S/C27H27Cl2N3O4S/c1-5-37(34,35)20-10-6-17(7-11-20)14-25(33)30-19-9-12-23-22(16-19)31-26(32(23)4)27(2,3)36-24-13-8-18(28)15-21(24)29/h6-13,15-16H,5,14H2,1-4H3,(H,30,33). The molecule has 37 heavy (non-hydrogen) atoms. The van der Waals surface area contributed by atoms with Crippen LogP contribution in [0.3, 0.4) is 0 Å². The van der Waals surface area contributed by atoms with Gasteiger partial charge >= 0.3 is 0 Å². The maximum Gasteiger partial charge on any atom is 0.228 e. The van der Waals surface area contributed by atoms with Crippen LogP contribution in [-0.2, 0) is 33.7 Å². The Kier molecular flexibility index (Phi) is 7.55. The summed E-state index contributed by atoms with van der Waals surface area (Å²) in [6.07, 6.45) is 0.112. The van der Waals surface area contributed by atoms with Crippen molar-refractivity contribution in [1.29, 1.82) is 0 Å². The molecule has 0 spiro atoms. The maximum absolute atomic E-state index is 12.6. The lowest BCUT2D eigenvalue weighted by Crippen LogP contribution is -2.29. The lowest BCUT2D eigenvalue weighted by Gasteiger charge is -2.26. The first-order valence-electron chi connectivity index (χ1n) is 11.6. The van der Waals surface area contributed by atoms with E-state index < -0.39 is 15.4 Å². The van der Waals surface area contributed by atoms with E-state index in [0.29, 0.717) is 38.4 Å². The summed E-state index contributed by atoms with van der Waals surface area (Å²) >= 11 is 12.3. The lowest BCUT2D eigenvalue weighted by atomic mass is 10.1. The van der Waals surface area contributed by atoms with E-state index in [0.717, 1.165) is 5.52 Å². The number of aryl methyl sites for hydroxylation is 1. The smallest absolute Gasteiger partial charge is 0.228 e. The minimum atomic E-state index is -3.28. The summed E-state index contributed by atoms with van der Waals surface area (Å²) in [5.74, 6) is 0.987. The van der Waals surface area contributed by atoms with E-state index in [4.69, 9.17) is 32.9 Å². The summed E-state index contributed by atoms with van der Waals surface area (Å²) in [6, 6.07) is 16.9. The van der Waals surface area contributed by atoms with Crippen LogP contribution in [0.4, 0.5) is 5.69 Å². The second-order valence-corrected chi connectivity index (χ2v) is 12.3. The summed E-state index contributed by atoms with van der Waals surface area (Å²) in [5, 5.41) is 3.82. The molecule has 0 atom stereocenters. The molecule has 0 saturated carbocycles. The molecule has 0 saturated heterocycles. The highest BCUT2D eigenvalue weighted by Gasteiger charge is 2.30. The van der Waals surface area contributed by atoms with Crippen LogP contribution in [0.2, 0.25) is 10.0 Å². The molecule has 4 rings (SSSR count). The van der Waals surface area contributed by atoms with Gasteiger partial charge in [0.05, 0.1) is 33.1 Å². The van der Waals surface area contributed by atoms with Crippen LogP contribution in [0.15, 0.2) is 65.6 Å². The molecular weight excluding hydrogens is 533 g/mol. The third-order valence-corrected chi connectivity index (χ3v) is 8.27. The first-order chi connectivity index (χ1) is 17.4. The highest BCUT2D eigenvalue weighted by atomic mass is 35.5. The summed E-state index contributed by atoms with van der Waals surface area (Å²) in [6.45, 7) is 5.40.